The van der Waals surface area contributed by atoms with Crippen LogP contribution in [0.2, 0.25) is 0 Å². The first-order valence-electron chi connectivity index (χ1n) is 6.14. The van der Waals surface area contributed by atoms with Crippen molar-refractivity contribution in [2.45, 2.75) is 19.4 Å². The molecule has 18 heavy (non-hydrogen) atoms. The van der Waals surface area contributed by atoms with Crippen molar-refractivity contribution in [2.75, 3.05) is 24.5 Å². The molecule has 0 aromatic heterocycles. The Kier molecular flexibility index (Phi) is 3.81. The zero-order valence-corrected chi connectivity index (χ0v) is 10.4. The van der Waals surface area contributed by atoms with Gasteiger partial charge in [0.2, 0.25) is 5.91 Å². The van der Waals surface area contributed by atoms with Gasteiger partial charge >= 0.3 is 0 Å². The first kappa shape index (κ1) is 12.8. The number of carbonyl (C=O) groups is 1. The Bertz CT molecular complexity index is 448. The topological polar surface area (TPSA) is 58.4 Å². The summed E-state index contributed by atoms with van der Waals surface area (Å²) in [5.74, 6) is -0.260. The molecule has 1 fully saturated rings. The van der Waals surface area contributed by atoms with Crippen molar-refractivity contribution in [3.05, 3.63) is 29.6 Å². The molecule has 0 aliphatic carbocycles. The Morgan fingerprint density at radius 2 is 2.22 bits per heavy atom. The van der Waals surface area contributed by atoms with Crippen LogP contribution >= 0.6 is 0 Å². The summed E-state index contributed by atoms with van der Waals surface area (Å²) >= 11 is 0. The SMILES string of the molecule is CC(N)c1ccc(N2CCNC(=O)CC2)c(F)c1. The largest absolute Gasteiger partial charge is 0.367 e. The van der Waals surface area contributed by atoms with E-state index < -0.39 is 0 Å². The van der Waals surface area contributed by atoms with E-state index in [0.717, 1.165) is 5.56 Å². The molecule has 0 spiro atoms. The quantitative estimate of drug-likeness (QED) is 0.829. The van der Waals surface area contributed by atoms with Crippen molar-refractivity contribution >= 4 is 11.6 Å². The van der Waals surface area contributed by atoms with E-state index >= 15 is 0 Å². The van der Waals surface area contributed by atoms with Crippen LogP contribution < -0.4 is 16.0 Å². The van der Waals surface area contributed by atoms with Crippen molar-refractivity contribution < 1.29 is 9.18 Å². The van der Waals surface area contributed by atoms with E-state index in [0.29, 0.717) is 31.7 Å². The zero-order chi connectivity index (χ0) is 13.1. The molecule has 1 amide bonds. The van der Waals surface area contributed by atoms with Crippen LogP contribution in [-0.4, -0.2) is 25.5 Å². The number of hydrogen-bond acceptors (Lipinski definition) is 3. The molecule has 98 valence electrons. The highest BCUT2D eigenvalue weighted by Crippen LogP contribution is 2.23. The number of nitrogens with one attached hydrogen (secondary N) is 1. The monoisotopic (exact) mass is 251 g/mol. The minimum Gasteiger partial charge on any atom is -0.367 e. The molecule has 1 aliphatic heterocycles. The molecule has 2 rings (SSSR count). The van der Waals surface area contributed by atoms with Gasteiger partial charge in [0.15, 0.2) is 0 Å². The Morgan fingerprint density at radius 3 is 2.89 bits per heavy atom. The number of nitrogens with two attached hydrogens (primary N) is 1. The smallest absolute Gasteiger partial charge is 0.221 e. The third-order valence-corrected chi connectivity index (χ3v) is 3.15. The van der Waals surface area contributed by atoms with Crippen molar-refractivity contribution in [3.8, 4) is 0 Å². The highest BCUT2D eigenvalue weighted by molar-refractivity contribution is 5.77. The van der Waals surface area contributed by atoms with Crippen LogP contribution in [0.3, 0.4) is 0 Å². The molecule has 1 aromatic carbocycles. The summed E-state index contributed by atoms with van der Waals surface area (Å²) in [6.45, 7) is 3.54. The van der Waals surface area contributed by atoms with Crippen LogP contribution in [0.4, 0.5) is 10.1 Å². The fourth-order valence-corrected chi connectivity index (χ4v) is 2.07. The van der Waals surface area contributed by atoms with Gasteiger partial charge in [-0.25, -0.2) is 4.39 Å². The molecule has 0 saturated carbocycles. The van der Waals surface area contributed by atoms with Gasteiger partial charge in [-0.05, 0) is 24.6 Å². The lowest BCUT2D eigenvalue weighted by Crippen LogP contribution is -2.29. The number of halogens is 1. The van der Waals surface area contributed by atoms with Crippen LogP contribution in [-0.2, 0) is 4.79 Å². The first-order chi connectivity index (χ1) is 8.58. The molecular weight excluding hydrogens is 233 g/mol. The maximum atomic E-state index is 14.0. The van der Waals surface area contributed by atoms with Crippen molar-refractivity contribution in [1.82, 2.24) is 5.32 Å². The minimum atomic E-state index is -0.279. The second-order valence-corrected chi connectivity index (χ2v) is 4.59. The van der Waals surface area contributed by atoms with Crippen LogP contribution in [0.25, 0.3) is 0 Å². The summed E-state index contributed by atoms with van der Waals surface area (Å²) in [6.07, 6.45) is 0.397. The standard InChI is InChI=1S/C13H18FN3O/c1-9(15)10-2-3-12(11(14)8-10)17-6-4-13(18)16-5-7-17/h2-3,8-9H,4-7,15H2,1H3,(H,16,18). The molecule has 1 aliphatic rings. The van der Waals surface area contributed by atoms with E-state index in [1.165, 1.54) is 6.07 Å². The first-order valence-corrected chi connectivity index (χ1v) is 6.14. The molecule has 1 saturated heterocycles. The molecule has 0 bridgehead atoms. The van der Waals surface area contributed by atoms with E-state index in [4.69, 9.17) is 5.73 Å². The van der Waals surface area contributed by atoms with E-state index in [1.54, 1.807) is 6.07 Å². The highest BCUT2D eigenvalue weighted by Gasteiger charge is 2.17. The Labute approximate surface area is 106 Å². The maximum Gasteiger partial charge on any atom is 0.221 e. The van der Waals surface area contributed by atoms with Gasteiger partial charge < -0.3 is 16.0 Å². The number of nitrogens with zero attached hydrogens (tertiary/aromatic N) is 1. The summed E-state index contributed by atoms with van der Waals surface area (Å²) in [5.41, 5.74) is 7.04. The fourth-order valence-electron chi connectivity index (χ4n) is 2.07. The van der Waals surface area contributed by atoms with Gasteiger partial charge in [0.1, 0.15) is 5.82 Å². The van der Waals surface area contributed by atoms with Crippen LogP contribution in [0.1, 0.15) is 24.9 Å². The Balaban J connectivity index is 2.20. The molecule has 5 heteroatoms. The molecule has 1 unspecified atom stereocenters. The summed E-state index contributed by atoms with van der Waals surface area (Å²) in [4.78, 5) is 13.1. The molecule has 0 radical (unpaired) electrons. The van der Waals surface area contributed by atoms with Gasteiger partial charge in [-0.1, -0.05) is 6.07 Å². The number of rotatable bonds is 2. The molecule has 4 nitrogen and oxygen atoms in total. The summed E-state index contributed by atoms with van der Waals surface area (Å²) in [5, 5.41) is 2.77. The molecular formula is C13H18FN3O. The summed E-state index contributed by atoms with van der Waals surface area (Å²) in [7, 11) is 0. The van der Waals surface area contributed by atoms with E-state index in [-0.39, 0.29) is 17.8 Å². The van der Waals surface area contributed by atoms with Crippen LogP contribution in [0, 0.1) is 5.82 Å². The highest BCUT2D eigenvalue weighted by atomic mass is 19.1. The van der Waals surface area contributed by atoms with E-state index in [2.05, 4.69) is 5.32 Å². The van der Waals surface area contributed by atoms with Gasteiger partial charge in [-0.2, -0.15) is 0 Å². The van der Waals surface area contributed by atoms with E-state index in [9.17, 15) is 9.18 Å². The lowest BCUT2D eigenvalue weighted by atomic mass is 10.1. The summed E-state index contributed by atoms with van der Waals surface area (Å²) < 4.78 is 14.0. The third kappa shape index (κ3) is 2.79. The normalized spacial score (nSPS) is 18.2. The third-order valence-electron chi connectivity index (χ3n) is 3.15. The second kappa shape index (κ2) is 5.35. The van der Waals surface area contributed by atoms with Crippen molar-refractivity contribution in [3.63, 3.8) is 0 Å². The van der Waals surface area contributed by atoms with E-state index in [1.807, 2.05) is 17.9 Å². The van der Waals surface area contributed by atoms with Crippen LogP contribution in [0.15, 0.2) is 18.2 Å². The van der Waals surface area contributed by atoms with Gasteiger partial charge in [-0.3, -0.25) is 4.79 Å². The maximum absolute atomic E-state index is 14.0. The van der Waals surface area contributed by atoms with Crippen molar-refractivity contribution in [1.29, 1.82) is 0 Å². The number of anilines is 1. The predicted octanol–water partition coefficient (Wildman–Crippen LogP) is 1.17. The average Bonchev–Trinajstić information content (AvgIpc) is 2.54. The fraction of sp³-hybridized carbons (Fsp3) is 0.462. The molecule has 1 aromatic rings. The second-order valence-electron chi connectivity index (χ2n) is 4.59. The number of amides is 1. The number of carbonyl (C=O) groups excluding carboxylic acids is 1. The Morgan fingerprint density at radius 1 is 1.44 bits per heavy atom. The number of hydrogen-bond donors (Lipinski definition) is 2. The lowest BCUT2D eigenvalue weighted by Gasteiger charge is -2.23. The Hall–Kier alpha value is -1.62. The van der Waals surface area contributed by atoms with Crippen LogP contribution in [0.5, 0.6) is 0 Å². The molecule has 3 N–H and O–H groups in total. The zero-order valence-electron chi connectivity index (χ0n) is 10.4. The van der Waals surface area contributed by atoms with Gasteiger partial charge in [0.05, 0.1) is 5.69 Å². The van der Waals surface area contributed by atoms with Gasteiger partial charge in [-0.15, -0.1) is 0 Å². The molecule has 1 heterocycles. The molecule has 1 atom stereocenters. The summed E-state index contributed by atoms with van der Waals surface area (Å²) in [6, 6.07) is 4.87. The average molecular weight is 251 g/mol. The number of benzene rings is 1. The predicted molar refractivity (Wildman–Crippen MR) is 68.8 cm³/mol. The minimum absolute atomic E-state index is 0.0186. The van der Waals surface area contributed by atoms with Crippen molar-refractivity contribution in [2.24, 2.45) is 5.73 Å². The lowest BCUT2D eigenvalue weighted by molar-refractivity contribution is -0.120. The van der Waals surface area contributed by atoms with Gasteiger partial charge in [0.25, 0.3) is 0 Å². The van der Waals surface area contributed by atoms with Gasteiger partial charge in [0, 0.05) is 32.1 Å².